The zero-order chi connectivity index (χ0) is 12.1. The third kappa shape index (κ3) is 2.98. The van der Waals surface area contributed by atoms with Crippen molar-refractivity contribution in [3.8, 4) is 5.88 Å². The molecule has 0 saturated heterocycles. The van der Waals surface area contributed by atoms with E-state index in [9.17, 15) is 4.79 Å². The van der Waals surface area contributed by atoms with Gasteiger partial charge in [-0.15, -0.1) is 0 Å². The second-order valence-electron chi connectivity index (χ2n) is 3.86. The molecule has 5 nitrogen and oxygen atoms in total. The molecule has 1 heterocycles. The highest BCUT2D eigenvalue weighted by Gasteiger charge is 2.18. The molecule has 5 heteroatoms. The molecule has 0 radical (unpaired) electrons. The predicted molar refractivity (Wildman–Crippen MR) is 59.8 cm³/mol. The molecule has 0 spiro atoms. The van der Waals surface area contributed by atoms with Gasteiger partial charge in [-0.3, -0.25) is 0 Å². The summed E-state index contributed by atoms with van der Waals surface area (Å²) in [4.78, 5) is 10.9. The van der Waals surface area contributed by atoms with Crippen LogP contribution in [0.25, 0.3) is 0 Å². The Labute approximate surface area is 95.0 Å². The van der Waals surface area contributed by atoms with Gasteiger partial charge in [-0.05, 0) is 13.3 Å². The van der Waals surface area contributed by atoms with Crippen LogP contribution in [-0.4, -0.2) is 27.0 Å². The number of hydrogen-bond donors (Lipinski definition) is 1. The van der Waals surface area contributed by atoms with Gasteiger partial charge in [0.05, 0.1) is 12.3 Å². The molecular weight excluding hydrogens is 208 g/mol. The molecule has 0 amide bonds. The monoisotopic (exact) mass is 226 g/mol. The highest BCUT2D eigenvalue weighted by Crippen LogP contribution is 2.19. The van der Waals surface area contributed by atoms with Gasteiger partial charge >= 0.3 is 5.97 Å². The number of carboxylic acid groups (broad SMARTS) is 1. The minimum absolute atomic E-state index is 0.00782. The molecule has 1 rings (SSSR count). The van der Waals surface area contributed by atoms with E-state index in [-0.39, 0.29) is 11.7 Å². The van der Waals surface area contributed by atoms with Crippen LogP contribution in [0.1, 0.15) is 43.5 Å². The molecule has 0 aliphatic rings. The molecule has 0 aromatic carbocycles. The van der Waals surface area contributed by atoms with E-state index in [0.29, 0.717) is 5.88 Å². The van der Waals surface area contributed by atoms with Crippen molar-refractivity contribution in [2.45, 2.75) is 39.2 Å². The first-order valence-corrected chi connectivity index (χ1v) is 5.48. The van der Waals surface area contributed by atoms with E-state index in [1.807, 2.05) is 6.92 Å². The van der Waals surface area contributed by atoms with Crippen LogP contribution in [0.4, 0.5) is 0 Å². The zero-order valence-corrected chi connectivity index (χ0v) is 9.93. The van der Waals surface area contributed by atoms with Crippen molar-refractivity contribution in [3.05, 3.63) is 11.8 Å². The molecule has 0 fully saturated rings. The number of rotatable bonds is 6. The normalized spacial score (nSPS) is 12.4. The van der Waals surface area contributed by atoms with Gasteiger partial charge in [0.25, 0.3) is 0 Å². The fraction of sp³-hybridized carbons (Fsp3) is 0.636. The third-order valence-corrected chi connectivity index (χ3v) is 2.39. The largest absolute Gasteiger partial charge is 0.477 e. The number of carbonyl (C=O) groups is 1. The molecule has 16 heavy (non-hydrogen) atoms. The van der Waals surface area contributed by atoms with E-state index < -0.39 is 5.97 Å². The molecule has 1 unspecified atom stereocenters. The first kappa shape index (κ1) is 12.5. The second kappa shape index (κ2) is 5.53. The van der Waals surface area contributed by atoms with Gasteiger partial charge < -0.3 is 9.84 Å². The summed E-state index contributed by atoms with van der Waals surface area (Å²) >= 11 is 0. The van der Waals surface area contributed by atoms with E-state index in [1.54, 1.807) is 7.05 Å². The number of carboxylic acids is 1. The summed E-state index contributed by atoms with van der Waals surface area (Å²) in [7, 11) is 1.67. The lowest BCUT2D eigenvalue weighted by atomic mass is 10.2. The van der Waals surface area contributed by atoms with Crippen LogP contribution >= 0.6 is 0 Å². The fourth-order valence-corrected chi connectivity index (χ4v) is 1.45. The van der Waals surface area contributed by atoms with Gasteiger partial charge in [-0.25, -0.2) is 9.48 Å². The van der Waals surface area contributed by atoms with Crippen LogP contribution in [0.5, 0.6) is 5.88 Å². The van der Waals surface area contributed by atoms with Gasteiger partial charge in [-0.2, -0.15) is 5.10 Å². The third-order valence-electron chi connectivity index (χ3n) is 2.39. The van der Waals surface area contributed by atoms with Crippen LogP contribution in [0, 0.1) is 0 Å². The molecule has 0 saturated carbocycles. The summed E-state index contributed by atoms with van der Waals surface area (Å²) in [6, 6.07) is 0. The van der Waals surface area contributed by atoms with E-state index in [2.05, 4.69) is 12.0 Å². The Bertz CT molecular complexity index is 360. The summed E-state index contributed by atoms with van der Waals surface area (Å²) in [5.41, 5.74) is 0.117. The molecule has 1 aromatic rings. The van der Waals surface area contributed by atoms with Gasteiger partial charge in [0.15, 0.2) is 0 Å². The average molecular weight is 226 g/mol. The van der Waals surface area contributed by atoms with Crippen LogP contribution < -0.4 is 4.74 Å². The van der Waals surface area contributed by atoms with Gasteiger partial charge in [0, 0.05) is 7.05 Å². The van der Waals surface area contributed by atoms with Crippen molar-refractivity contribution in [3.63, 3.8) is 0 Å². The Morgan fingerprint density at radius 2 is 2.38 bits per heavy atom. The first-order chi connectivity index (χ1) is 7.56. The van der Waals surface area contributed by atoms with E-state index in [1.165, 1.54) is 10.9 Å². The van der Waals surface area contributed by atoms with Crippen LogP contribution in [0.2, 0.25) is 0 Å². The lowest BCUT2D eigenvalue weighted by Crippen LogP contribution is -2.15. The minimum atomic E-state index is -1.01. The lowest BCUT2D eigenvalue weighted by molar-refractivity contribution is 0.0688. The predicted octanol–water partition coefficient (Wildman–Crippen LogP) is 2.08. The number of aromatic nitrogens is 2. The van der Waals surface area contributed by atoms with Crippen molar-refractivity contribution in [1.29, 1.82) is 0 Å². The number of hydrogen-bond acceptors (Lipinski definition) is 3. The SMILES string of the molecule is CCCCC(C)Oc1c(C(=O)O)cnn1C. The molecule has 90 valence electrons. The van der Waals surface area contributed by atoms with Crippen LogP contribution in [-0.2, 0) is 7.05 Å². The average Bonchev–Trinajstić information content (AvgIpc) is 2.58. The Balaban J connectivity index is 2.71. The first-order valence-electron chi connectivity index (χ1n) is 5.48. The Kier molecular flexibility index (Phi) is 4.34. The molecule has 1 N–H and O–H groups in total. The van der Waals surface area contributed by atoms with Crippen molar-refractivity contribution in [2.24, 2.45) is 7.05 Å². The van der Waals surface area contributed by atoms with E-state index >= 15 is 0 Å². The summed E-state index contributed by atoms with van der Waals surface area (Å²) < 4.78 is 7.05. The molecule has 1 aromatic heterocycles. The van der Waals surface area contributed by atoms with Crippen LogP contribution in [0.3, 0.4) is 0 Å². The number of nitrogens with zero attached hydrogens (tertiary/aromatic N) is 2. The number of aryl methyl sites for hydroxylation is 1. The molecule has 0 bridgehead atoms. The van der Waals surface area contributed by atoms with Crippen LogP contribution in [0.15, 0.2) is 6.20 Å². The highest BCUT2D eigenvalue weighted by molar-refractivity contribution is 5.89. The van der Waals surface area contributed by atoms with Crippen molar-refractivity contribution in [1.82, 2.24) is 9.78 Å². The highest BCUT2D eigenvalue weighted by atomic mass is 16.5. The summed E-state index contributed by atoms with van der Waals surface area (Å²) in [5.74, 6) is -0.679. The maximum absolute atomic E-state index is 10.9. The zero-order valence-electron chi connectivity index (χ0n) is 9.93. The Hall–Kier alpha value is -1.52. The molecular formula is C11H18N2O3. The van der Waals surface area contributed by atoms with Crippen molar-refractivity contribution in [2.75, 3.05) is 0 Å². The van der Waals surface area contributed by atoms with Crippen molar-refractivity contribution >= 4 is 5.97 Å². The summed E-state index contributed by atoms with van der Waals surface area (Å²) in [6.07, 6.45) is 4.41. The molecule has 1 atom stereocenters. The van der Waals surface area contributed by atoms with Gasteiger partial charge in [0.2, 0.25) is 5.88 Å². The van der Waals surface area contributed by atoms with E-state index in [0.717, 1.165) is 19.3 Å². The van der Waals surface area contributed by atoms with Gasteiger partial charge in [0.1, 0.15) is 5.56 Å². The summed E-state index contributed by atoms with van der Waals surface area (Å²) in [6.45, 7) is 4.05. The van der Waals surface area contributed by atoms with Gasteiger partial charge in [-0.1, -0.05) is 19.8 Å². The molecule has 0 aliphatic heterocycles. The van der Waals surface area contributed by atoms with Crippen molar-refractivity contribution < 1.29 is 14.6 Å². The number of ether oxygens (including phenoxy) is 1. The second-order valence-corrected chi connectivity index (χ2v) is 3.86. The summed E-state index contributed by atoms with van der Waals surface area (Å²) in [5, 5.41) is 12.8. The van der Waals surface area contributed by atoms with E-state index in [4.69, 9.17) is 9.84 Å². The topological polar surface area (TPSA) is 64.3 Å². The fourth-order valence-electron chi connectivity index (χ4n) is 1.45. The lowest BCUT2D eigenvalue weighted by Gasteiger charge is -2.14. The smallest absolute Gasteiger partial charge is 0.342 e. The maximum atomic E-state index is 10.9. The Morgan fingerprint density at radius 3 is 2.94 bits per heavy atom. The number of unbranched alkanes of at least 4 members (excludes halogenated alkanes) is 1. The Morgan fingerprint density at radius 1 is 1.69 bits per heavy atom. The quantitative estimate of drug-likeness (QED) is 0.806. The molecule has 0 aliphatic carbocycles. The minimum Gasteiger partial charge on any atom is -0.477 e. The standard InChI is InChI=1S/C11H18N2O3/c1-4-5-6-8(2)16-10-9(11(14)15)7-12-13(10)3/h7-8H,4-6H2,1-3H3,(H,14,15). The maximum Gasteiger partial charge on any atom is 0.342 e. The number of aromatic carboxylic acids is 1.